The first kappa shape index (κ1) is 12.0. The van der Waals surface area contributed by atoms with Crippen molar-refractivity contribution >= 4 is 17.7 Å². The molecule has 1 aromatic heterocycles. The molecule has 0 aromatic carbocycles. The molecule has 6 nitrogen and oxygen atoms in total. The minimum Gasteiger partial charge on any atom is -0.355 e. The Morgan fingerprint density at radius 2 is 2.40 bits per heavy atom. The molecule has 0 bridgehead atoms. The van der Waals surface area contributed by atoms with Gasteiger partial charge in [0.05, 0.1) is 5.25 Å². The van der Waals surface area contributed by atoms with Crippen molar-refractivity contribution in [3.8, 4) is 0 Å². The molecule has 0 saturated carbocycles. The Bertz CT molecular complexity index is 327. The molecule has 1 amide bonds. The largest absolute Gasteiger partial charge is 0.355 e. The monoisotopic (exact) mass is 229 g/mol. The Morgan fingerprint density at radius 1 is 1.67 bits per heavy atom. The molecule has 0 saturated heterocycles. The molecule has 1 atom stereocenters. The van der Waals surface area contributed by atoms with Crippen LogP contribution in [0.5, 0.6) is 0 Å². The topological polar surface area (TPSA) is 72.7 Å². The summed E-state index contributed by atoms with van der Waals surface area (Å²) in [6, 6.07) is 0. The van der Waals surface area contributed by atoms with Crippen LogP contribution in [0, 0.1) is 0 Å². The van der Waals surface area contributed by atoms with Crippen LogP contribution in [0.15, 0.2) is 5.16 Å². The van der Waals surface area contributed by atoms with E-state index in [0.29, 0.717) is 11.7 Å². The second-order valence-electron chi connectivity index (χ2n) is 3.14. The summed E-state index contributed by atoms with van der Waals surface area (Å²) in [7, 11) is 1.75. The quantitative estimate of drug-likeness (QED) is 0.731. The average Bonchev–Trinajstić information content (AvgIpc) is 2.61. The van der Waals surface area contributed by atoms with Gasteiger partial charge in [0.25, 0.3) is 0 Å². The summed E-state index contributed by atoms with van der Waals surface area (Å²) in [6.45, 7) is 4.57. The van der Waals surface area contributed by atoms with E-state index < -0.39 is 0 Å². The molecule has 7 heteroatoms. The highest BCUT2D eigenvalue weighted by Gasteiger charge is 2.16. The lowest BCUT2D eigenvalue weighted by Crippen LogP contribution is -2.31. The van der Waals surface area contributed by atoms with Gasteiger partial charge < -0.3 is 5.32 Å². The molecule has 84 valence electrons. The maximum atomic E-state index is 11.5. The number of amides is 1. The number of tetrazole rings is 1. The number of aromatic nitrogens is 4. The van der Waals surface area contributed by atoms with E-state index in [4.69, 9.17) is 0 Å². The third kappa shape index (κ3) is 3.50. The van der Waals surface area contributed by atoms with Crippen molar-refractivity contribution in [1.29, 1.82) is 0 Å². The van der Waals surface area contributed by atoms with Crippen molar-refractivity contribution in [2.24, 2.45) is 7.05 Å². The highest BCUT2D eigenvalue weighted by molar-refractivity contribution is 8.00. The smallest absolute Gasteiger partial charge is 0.233 e. The Kier molecular flexibility index (Phi) is 4.54. The first-order chi connectivity index (χ1) is 7.15. The van der Waals surface area contributed by atoms with Crippen LogP contribution in [-0.4, -0.2) is 37.9 Å². The highest BCUT2D eigenvalue weighted by Crippen LogP contribution is 2.18. The van der Waals surface area contributed by atoms with Crippen LogP contribution in [-0.2, 0) is 11.8 Å². The summed E-state index contributed by atoms with van der Waals surface area (Å²) in [6.07, 6.45) is 0.939. The van der Waals surface area contributed by atoms with Gasteiger partial charge in [-0.1, -0.05) is 18.7 Å². The second kappa shape index (κ2) is 5.69. The average molecular weight is 229 g/mol. The maximum absolute atomic E-state index is 11.5. The van der Waals surface area contributed by atoms with Crippen LogP contribution < -0.4 is 5.32 Å². The van der Waals surface area contributed by atoms with Crippen molar-refractivity contribution in [3.05, 3.63) is 0 Å². The molecule has 1 rings (SSSR count). The third-order valence-electron chi connectivity index (χ3n) is 1.78. The van der Waals surface area contributed by atoms with Gasteiger partial charge in [-0.3, -0.25) is 4.79 Å². The van der Waals surface area contributed by atoms with Crippen molar-refractivity contribution in [2.75, 3.05) is 6.54 Å². The molecular weight excluding hydrogens is 214 g/mol. The van der Waals surface area contributed by atoms with E-state index in [2.05, 4.69) is 20.8 Å². The van der Waals surface area contributed by atoms with Gasteiger partial charge in [0.15, 0.2) is 0 Å². The zero-order valence-electron chi connectivity index (χ0n) is 9.10. The van der Waals surface area contributed by atoms with E-state index in [-0.39, 0.29) is 11.2 Å². The van der Waals surface area contributed by atoms with Crippen molar-refractivity contribution < 1.29 is 4.79 Å². The number of hydrogen-bond donors (Lipinski definition) is 1. The van der Waals surface area contributed by atoms with Gasteiger partial charge in [0.1, 0.15) is 0 Å². The summed E-state index contributed by atoms with van der Waals surface area (Å²) < 4.78 is 1.55. The molecule has 1 aromatic rings. The predicted octanol–water partition coefficient (Wildman–Crippen LogP) is 0.217. The molecule has 0 fully saturated rings. The molecule has 0 aliphatic rings. The number of nitrogens with one attached hydrogen (secondary N) is 1. The normalized spacial score (nSPS) is 12.5. The summed E-state index contributed by atoms with van der Waals surface area (Å²) in [5.41, 5.74) is 0. The third-order valence-corrected chi connectivity index (χ3v) is 2.91. The van der Waals surface area contributed by atoms with Gasteiger partial charge in [-0.15, -0.1) is 5.10 Å². The number of thioether (sulfide) groups is 1. The zero-order chi connectivity index (χ0) is 11.3. The summed E-state index contributed by atoms with van der Waals surface area (Å²) in [5.74, 6) is 0.0184. The molecular formula is C8H15N5OS. The van der Waals surface area contributed by atoms with Gasteiger partial charge in [-0.05, 0) is 23.8 Å². The number of carbonyl (C=O) groups is 1. The van der Waals surface area contributed by atoms with E-state index in [1.807, 2.05) is 13.8 Å². The fraction of sp³-hybridized carbons (Fsp3) is 0.750. The molecule has 1 N–H and O–H groups in total. The van der Waals surface area contributed by atoms with Crippen LogP contribution in [0.1, 0.15) is 20.3 Å². The zero-order valence-corrected chi connectivity index (χ0v) is 9.91. The van der Waals surface area contributed by atoms with Gasteiger partial charge >= 0.3 is 0 Å². The lowest BCUT2D eigenvalue weighted by Gasteiger charge is -2.09. The lowest BCUT2D eigenvalue weighted by atomic mass is 10.4. The van der Waals surface area contributed by atoms with Gasteiger partial charge in [-0.2, -0.15) is 0 Å². The number of nitrogens with zero attached hydrogens (tertiary/aromatic N) is 4. The molecule has 15 heavy (non-hydrogen) atoms. The van der Waals surface area contributed by atoms with Crippen LogP contribution in [0.2, 0.25) is 0 Å². The molecule has 1 heterocycles. The number of rotatable bonds is 5. The summed E-state index contributed by atoms with van der Waals surface area (Å²) in [5, 5.41) is 14.3. The standard InChI is InChI=1S/C8H15N5OS/c1-4-5-9-7(14)6(2)15-8-10-11-12-13(8)3/h6H,4-5H2,1-3H3,(H,9,14)/t6-/m0/s1. The number of carbonyl (C=O) groups excluding carboxylic acids is 1. The molecule has 0 spiro atoms. The van der Waals surface area contributed by atoms with E-state index in [9.17, 15) is 4.79 Å². The lowest BCUT2D eigenvalue weighted by molar-refractivity contribution is -0.120. The fourth-order valence-corrected chi connectivity index (χ4v) is 1.70. The molecule has 0 radical (unpaired) electrons. The number of aryl methyl sites for hydroxylation is 1. The van der Waals surface area contributed by atoms with Crippen LogP contribution in [0.4, 0.5) is 0 Å². The van der Waals surface area contributed by atoms with Gasteiger partial charge in [0.2, 0.25) is 11.1 Å². The summed E-state index contributed by atoms with van der Waals surface area (Å²) in [4.78, 5) is 11.5. The van der Waals surface area contributed by atoms with Gasteiger partial charge in [0, 0.05) is 13.6 Å². The van der Waals surface area contributed by atoms with E-state index >= 15 is 0 Å². The Hall–Kier alpha value is -1.11. The van der Waals surface area contributed by atoms with Crippen molar-refractivity contribution in [2.45, 2.75) is 30.7 Å². The Morgan fingerprint density at radius 3 is 2.93 bits per heavy atom. The highest BCUT2D eigenvalue weighted by atomic mass is 32.2. The Labute approximate surface area is 92.8 Å². The van der Waals surface area contributed by atoms with Crippen LogP contribution in [0.3, 0.4) is 0 Å². The van der Waals surface area contributed by atoms with E-state index in [0.717, 1.165) is 6.42 Å². The van der Waals surface area contributed by atoms with Gasteiger partial charge in [-0.25, -0.2) is 4.68 Å². The number of hydrogen-bond acceptors (Lipinski definition) is 5. The van der Waals surface area contributed by atoms with Crippen molar-refractivity contribution in [3.63, 3.8) is 0 Å². The second-order valence-corrected chi connectivity index (χ2v) is 4.44. The fourth-order valence-electron chi connectivity index (χ4n) is 0.925. The predicted molar refractivity (Wildman–Crippen MR) is 57.4 cm³/mol. The SMILES string of the molecule is CCCNC(=O)[C@H](C)Sc1nnnn1C. The van der Waals surface area contributed by atoms with Crippen molar-refractivity contribution in [1.82, 2.24) is 25.5 Å². The summed E-state index contributed by atoms with van der Waals surface area (Å²) >= 11 is 1.35. The first-order valence-corrected chi connectivity index (χ1v) is 5.69. The van der Waals surface area contributed by atoms with E-state index in [1.165, 1.54) is 11.8 Å². The maximum Gasteiger partial charge on any atom is 0.233 e. The first-order valence-electron chi connectivity index (χ1n) is 4.82. The minimum absolute atomic E-state index is 0.0184. The van der Waals surface area contributed by atoms with Crippen LogP contribution in [0.25, 0.3) is 0 Å². The Balaban J connectivity index is 2.45. The molecule has 0 unspecified atom stereocenters. The molecule has 0 aliphatic heterocycles. The van der Waals surface area contributed by atoms with E-state index in [1.54, 1.807) is 11.7 Å². The minimum atomic E-state index is -0.179. The van der Waals surface area contributed by atoms with Crippen LogP contribution >= 0.6 is 11.8 Å². The molecule has 0 aliphatic carbocycles.